The summed E-state index contributed by atoms with van der Waals surface area (Å²) in [5.74, 6) is -8.88. The molecule has 178 valence electrons. The van der Waals surface area contributed by atoms with E-state index in [1.54, 1.807) is 0 Å². The molecular formula is C24H24F4O4S. The first kappa shape index (κ1) is 22.7. The molecule has 0 radical (unpaired) electrons. The van der Waals surface area contributed by atoms with Gasteiger partial charge >= 0.3 is 10.1 Å². The first-order valence-corrected chi connectivity index (χ1v) is 12.8. The Bertz CT molecular complexity index is 1150. The minimum atomic E-state index is -5.53. The number of hydrogen-bond acceptors (Lipinski definition) is 3. The van der Waals surface area contributed by atoms with Crippen molar-refractivity contribution in [2.45, 2.75) is 80.4 Å². The molecule has 33 heavy (non-hydrogen) atoms. The second-order valence-corrected chi connectivity index (χ2v) is 10.8. The molecule has 0 aliphatic heterocycles. The van der Waals surface area contributed by atoms with Crippen molar-refractivity contribution < 1.29 is 35.3 Å². The van der Waals surface area contributed by atoms with Crippen LogP contribution in [0, 0.1) is 23.3 Å². The molecule has 5 rings (SSSR count). The lowest BCUT2D eigenvalue weighted by Gasteiger charge is -2.35. The van der Waals surface area contributed by atoms with Gasteiger partial charge in [0.15, 0.2) is 16.5 Å². The Balaban J connectivity index is 1.67. The summed E-state index contributed by atoms with van der Waals surface area (Å²) in [7, 11) is -5.53. The Morgan fingerprint density at radius 1 is 0.697 bits per heavy atom. The van der Waals surface area contributed by atoms with Gasteiger partial charge in [-0.25, -0.2) is 8.78 Å². The summed E-state index contributed by atoms with van der Waals surface area (Å²) in [5, 5.41) is 0. The average molecular weight is 485 g/mol. The van der Waals surface area contributed by atoms with E-state index in [1.807, 2.05) is 12.1 Å². The summed E-state index contributed by atoms with van der Waals surface area (Å²) < 4.78 is 95.5. The summed E-state index contributed by atoms with van der Waals surface area (Å²) in [6, 6.07) is 4.00. The van der Waals surface area contributed by atoms with E-state index in [-0.39, 0.29) is 17.6 Å². The highest BCUT2D eigenvalue weighted by molar-refractivity contribution is 7.85. The van der Waals surface area contributed by atoms with Crippen molar-refractivity contribution in [3.05, 3.63) is 52.1 Å². The lowest BCUT2D eigenvalue weighted by atomic mass is 9.71. The zero-order valence-electron chi connectivity index (χ0n) is 17.8. The van der Waals surface area contributed by atoms with Gasteiger partial charge in [0.05, 0.1) is 0 Å². The first-order chi connectivity index (χ1) is 15.7. The maximum absolute atomic E-state index is 14.8. The molecule has 0 unspecified atom stereocenters. The van der Waals surface area contributed by atoms with Gasteiger partial charge in [0.25, 0.3) is 0 Å². The Labute approximate surface area is 189 Å². The molecule has 0 aromatic heterocycles. The molecule has 0 atom stereocenters. The molecule has 0 saturated heterocycles. The highest BCUT2D eigenvalue weighted by atomic mass is 32.2. The van der Waals surface area contributed by atoms with Gasteiger partial charge in [-0.2, -0.15) is 17.2 Å². The van der Waals surface area contributed by atoms with Crippen LogP contribution >= 0.6 is 0 Å². The summed E-state index contributed by atoms with van der Waals surface area (Å²) in [5.41, 5.74) is 2.73. The number of rotatable bonds is 6. The second-order valence-electron chi connectivity index (χ2n) is 9.40. The van der Waals surface area contributed by atoms with Gasteiger partial charge in [-0.3, -0.25) is 4.55 Å². The van der Waals surface area contributed by atoms with Crippen molar-refractivity contribution in [2.75, 3.05) is 0 Å². The van der Waals surface area contributed by atoms with Crippen molar-refractivity contribution in [3.8, 4) is 11.5 Å². The van der Waals surface area contributed by atoms with Crippen LogP contribution in [0.4, 0.5) is 17.6 Å². The van der Waals surface area contributed by atoms with Crippen LogP contribution in [0.5, 0.6) is 11.5 Å². The highest BCUT2D eigenvalue weighted by Gasteiger charge is 2.36. The van der Waals surface area contributed by atoms with Gasteiger partial charge in [-0.1, -0.05) is 31.4 Å². The molecule has 0 spiro atoms. The fourth-order valence-electron chi connectivity index (χ4n) is 4.85. The molecule has 1 N–H and O–H groups in total. The number of benzene rings is 2. The Morgan fingerprint density at radius 2 is 1.12 bits per heavy atom. The molecule has 0 bridgehead atoms. The average Bonchev–Trinajstić information content (AvgIpc) is 2.60. The molecule has 4 nitrogen and oxygen atoms in total. The normalized spacial score (nSPS) is 19.7. The van der Waals surface area contributed by atoms with Crippen LogP contribution in [0.15, 0.2) is 17.0 Å². The number of halogens is 4. The summed E-state index contributed by atoms with van der Waals surface area (Å²) in [4.78, 5) is -2.07. The maximum Gasteiger partial charge on any atom is 0.300 e. The molecule has 3 aliphatic rings. The molecule has 3 aliphatic carbocycles. The van der Waals surface area contributed by atoms with E-state index >= 15 is 0 Å². The fraction of sp³-hybridized carbons (Fsp3) is 0.500. The van der Waals surface area contributed by atoms with Crippen molar-refractivity contribution in [1.82, 2.24) is 0 Å². The van der Waals surface area contributed by atoms with E-state index < -0.39 is 44.0 Å². The zero-order valence-corrected chi connectivity index (χ0v) is 18.7. The Kier molecular flexibility index (Phi) is 5.68. The summed E-state index contributed by atoms with van der Waals surface area (Å²) >= 11 is 0. The van der Waals surface area contributed by atoms with E-state index in [4.69, 9.17) is 9.29 Å². The topological polar surface area (TPSA) is 63.6 Å². The SMILES string of the molecule is O=S(=O)(O)c1c(F)c(F)c(Oc2c(C3CCC3)cc(C3CCC3)cc2C2CCC2)c(F)c1F. The molecule has 0 heterocycles. The third-order valence-corrected chi connectivity index (χ3v) is 8.35. The van der Waals surface area contributed by atoms with Gasteiger partial charge in [0.2, 0.25) is 17.4 Å². The van der Waals surface area contributed by atoms with E-state index in [2.05, 4.69) is 0 Å². The monoisotopic (exact) mass is 484 g/mol. The lowest BCUT2D eigenvalue weighted by molar-refractivity contribution is 0.328. The molecule has 0 amide bonds. The third-order valence-electron chi connectivity index (χ3n) is 7.48. The highest BCUT2D eigenvalue weighted by Crippen LogP contribution is 2.52. The van der Waals surface area contributed by atoms with Gasteiger partial charge in [0.1, 0.15) is 5.75 Å². The van der Waals surface area contributed by atoms with Crippen molar-refractivity contribution in [2.24, 2.45) is 0 Å². The third kappa shape index (κ3) is 3.83. The smallest absolute Gasteiger partial charge is 0.300 e. The van der Waals surface area contributed by atoms with E-state index in [0.717, 1.165) is 74.5 Å². The predicted octanol–water partition coefficient (Wildman–Crippen LogP) is 7.08. The zero-order chi connectivity index (χ0) is 23.5. The van der Waals surface area contributed by atoms with Gasteiger partial charge in [-0.05, 0) is 73.0 Å². The molecule has 3 fully saturated rings. The largest absolute Gasteiger partial charge is 0.450 e. The van der Waals surface area contributed by atoms with Crippen LogP contribution in [-0.4, -0.2) is 13.0 Å². The van der Waals surface area contributed by atoms with Crippen LogP contribution in [-0.2, 0) is 10.1 Å². The van der Waals surface area contributed by atoms with Crippen LogP contribution in [0.3, 0.4) is 0 Å². The Morgan fingerprint density at radius 3 is 1.45 bits per heavy atom. The van der Waals surface area contributed by atoms with Crippen LogP contribution < -0.4 is 4.74 Å². The molecule has 9 heteroatoms. The minimum absolute atomic E-state index is 0.122. The van der Waals surface area contributed by atoms with Gasteiger partial charge in [-0.15, -0.1) is 0 Å². The lowest BCUT2D eigenvalue weighted by Crippen LogP contribution is -2.18. The molecular weight excluding hydrogens is 460 g/mol. The standard InChI is InChI=1S/C24H24F4O4S/c25-18-20(27)24(33(29,30)31)21(28)19(26)23(18)32-22-16(13-6-2-7-13)10-15(12-4-1-5-12)11-17(22)14-8-3-9-14/h10-14H,1-9H2,(H,29,30,31). The summed E-state index contributed by atoms with van der Waals surface area (Å²) in [6.45, 7) is 0. The second kappa shape index (κ2) is 8.27. The van der Waals surface area contributed by atoms with Gasteiger partial charge < -0.3 is 4.74 Å². The van der Waals surface area contributed by atoms with E-state index in [9.17, 15) is 26.0 Å². The van der Waals surface area contributed by atoms with Crippen molar-refractivity contribution in [1.29, 1.82) is 0 Å². The Hall–Kier alpha value is -2.13. The maximum atomic E-state index is 14.8. The van der Waals surface area contributed by atoms with E-state index in [1.165, 1.54) is 0 Å². The number of ether oxygens (including phenoxy) is 1. The quantitative estimate of drug-likeness (QED) is 0.270. The van der Waals surface area contributed by atoms with Gasteiger partial charge in [0, 0.05) is 0 Å². The molecule has 2 aromatic carbocycles. The van der Waals surface area contributed by atoms with Crippen molar-refractivity contribution >= 4 is 10.1 Å². The van der Waals surface area contributed by atoms with Crippen LogP contribution in [0.2, 0.25) is 0 Å². The predicted molar refractivity (Wildman–Crippen MR) is 112 cm³/mol. The first-order valence-electron chi connectivity index (χ1n) is 11.4. The minimum Gasteiger partial charge on any atom is -0.450 e. The fourth-order valence-corrected chi connectivity index (χ4v) is 5.48. The van der Waals surface area contributed by atoms with E-state index in [0.29, 0.717) is 5.92 Å². The number of hydrogen-bond donors (Lipinski definition) is 1. The molecule has 2 aromatic rings. The van der Waals surface area contributed by atoms with Crippen LogP contribution in [0.1, 0.15) is 92.2 Å². The van der Waals surface area contributed by atoms with Crippen molar-refractivity contribution in [3.63, 3.8) is 0 Å². The summed E-state index contributed by atoms with van der Waals surface area (Å²) in [6.07, 6.45) is 8.82. The van der Waals surface area contributed by atoms with Crippen LogP contribution in [0.25, 0.3) is 0 Å². The molecule has 3 saturated carbocycles.